The SMILES string of the molecule is C/C(=C\C(=O)OC(C)C)C1CCCCC1. The summed E-state index contributed by atoms with van der Waals surface area (Å²) in [6.45, 7) is 5.81. The van der Waals surface area contributed by atoms with Gasteiger partial charge in [-0.2, -0.15) is 0 Å². The summed E-state index contributed by atoms with van der Waals surface area (Å²) < 4.78 is 5.10. The lowest BCUT2D eigenvalue weighted by atomic mass is 9.84. The van der Waals surface area contributed by atoms with Crippen molar-refractivity contribution in [1.82, 2.24) is 0 Å². The maximum atomic E-state index is 11.4. The molecule has 0 heterocycles. The average Bonchev–Trinajstić information content (AvgIpc) is 2.17. The van der Waals surface area contributed by atoms with E-state index in [1.165, 1.54) is 37.7 Å². The van der Waals surface area contributed by atoms with Crippen LogP contribution >= 0.6 is 0 Å². The van der Waals surface area contributed by atoms with Gasteiger partial charge in [0.25, 0.3) is 0 Å². The standard InChI is InChI=1S/C13H22O2/c1-10(2)15-13(14)9-11(3)12-7-5-4-6-8-12/h9-10,12H,4-8H2,1-3H3/b11-9+. The van der Waals surface area contributed by atoms with Gasteiger partial charge in [0, 0.05) is 6.08 Å². The van der Waals surface area contributed by atoms with Crippen LogP contribution < -0.4 is 0 Å². The van der Waals surface area contributed by atoms with E-state index in [0.29, 0.717) is 5.92 Å². The molecule has 1 saturated carbocycles. The van der Waals surface area contributed by atoms with Gasteiger partial charge in [0.15, 0.2) is 0 Å². The van der Waals surface area contributed by atoms with Gasteiger partial charge in [0.2, 0.25) is 0 Å². The molecule has 0 bridgehead atoms. The monoisotopic (exact) mass is 210 g/mol. The lowest BCUT2D eigenvalue weighted by molar-refractivity contribution is -0.141. The van der Waals surface area contributed by atoms with E-state index in [4.69, 9.17) is 4.74 Å². The van der Waals surface area contributed by atoms with Crippen molar-refractivity contribution < 1.29 is 9.53 Å². The Morgan fingerprint density at radius 2 is 1.87 bits per heavy atom. The van der Waals surface area contributed by atoms with Crippen LogP contribution in [0.4, 0.5) is 0 Å². The van der Waals surface area contributed by atoms with E-state index in [2.05, 4.69) is 6.92 Å². The molecule has 0 spiro atoms. The van der Waals surface area contributed by atoms with Gasteiger partial charge in [-0.1, -0.05) is 24.8 Å². The first kappa shape index (κ1) is 12.3. The topological polar surface area (TPSA) is 26.3 Å². The summed E-state index contributed by atoms with van der Waals surface area (Å²) in [5.74, 6) is 0.423. The number of hydrogen-bond acceptors (Lipinski definition) is 2. The van der Waals surface area contributed by atoms with E-state index in [1.54, 1.807) is 6.08 Å². The molecule has 0 amide bonds. The Kier molecular flexibility index (Phi) is 4.86. The minimum atomic E-state index is -0.187. The summed E-state index contributed by atoms with van der Waals surface area (Å²) in [5, 5.41) is 0. The Labute approximate surface area is 92.7 Å². The fraction of sp³-hybridized carbons (Fsp3) is 0.769. The quantitative estimate of drug-likeness (QED) is 0.526. The predicted octanol–water partition coefficient (Wildman–Crippen LogP) is 3.46. The smallest absolute Gasteiger partial charge is 0.330 e. The molecule has 86 valence electrons. The zero-order chi connectivity index (χ0) is 11.3. The number of ether oxygens (including phenoxy) is 1. The molecule has 2 heteroatoms. The molecule has 1 aliphatic carbocycles. The molecule has 1 fully saturated rings. The van der Waals surface area contributed by atoms with E-state index in [-0.39, 0.29) is 12.1 Å². The van der Waals surface area contributed by atoms with Crippen LogP contribution in [0.2, 0.25) is 0 Å². The van der Waals surface area contributed by atoms with Crippen LogP contribution in [-0.4, -0.2) is 12.1 Å². The number of carbonyl (C=O) groups excluding carboxylic acids is 1. The van der Waals surface area contributed by atoms with E-state index in [1.807, 2.05) is 13.8 Å². The molecule has 2 nitrogen and oxygen atoms in total. The molecule has 0 saturated heterocycles. The molecule has 0 atom stereocenters. The van der Waals surface area contributed by atoms with Crippen molar-refractivity contribution in [3.63, 3.8) is 0 Å². The molecule has 0 aromatic heterocycles. The molecular formula is C13H22O2. The second-order valence-electron chi connectivity index (χ2n) is 4.71. The molecule has 0 unspecified atom stereocenters. The molecule has 1 aliphatic rings. The molecule has 15 heavy (non-hydrogen) atoms. The van der Waals surface area contributed by atoms with Crippen LogP contribution in [0.25, 0.3) is 0 Å². The minimum absolute atomic E-state index is 0.0205. The third-order valence-corrected chi connectivity index (χ3v) is 2.95. The van der Waals surface area contributed by atoms with Crippen LogP contribution in [-0.2, 0) is 9.53 Å². The van der Waals surface area contributed by atoms with Crippen LogP contribution in [0.5, 0.6) is 0 Å². The number of carbonyl (C=O) groups is 1. The fourth-order valence-electron chi connectivity index (χ4n) is 2.13. The van der Waals surface area contributed by atoms with Gasteiger partial charge in [-0.05, 0) is 39.5 Å². The third-order valence-electron chi connectivity index (χ3n) is 2.95. The molecule has 0 aromatic rings. The predicted molar refractivity (Wildman–Crippen MR) is 61.6 cm³/mol. The highest BCUT2D eigenvalue weighted by atomic mass is 16.5. The van der Waals surface area contributed by atoms with E-state index >= 15 is 0 Å². The van der Waals surface area contributed by atoms with Crippen molar-refractivity contribution in [3.05, 3.63) is 11.6 Å². The van der Waals surface area contributed by atoms with Crippen molar-refractivity contribution in [1.29, 1.82) is 0 Å². The summed E-state index contributed by atoms with van der Waals surface area (Å²) in [5.41, 5.74) is 1.19. The Balaban J connectivity index is 2.46. The van der Waals surface area contributed by atoms with Gasteiger partial charge in [0.1, 0.15) is 0 Å². The van der Waals surface area contributed by atoms with Gasteiger partial charge in [0.05, 0.1) is 6.10 Å². The first-order valence-electron chi connectivity index (χ1n) is 5.98. The van der Waals surface area contributed by atoms with Crippen LogP contribution in [0.15, 0.2) is 11.6 Å². The highest BCUT2D eigenvalue weighted by molar-refractivity contribution is 5.82. The van der Waals surface area contributed by atoms with Crippen LogP contribution in [0.1, 0.15) is 52.9 Å². The zero-order valence-electron chi connectivity index (χ0n) is 10.1. The van der Waals surface area contributed by atoms with Gasteiger partial charge in [-0.25, -0.2) is 4.79 Å². The first-order chi connectivity index (χ1) is 7.09. The Morgan fingerprint density at radius 3 is 2.40 bits per heavy atom. The lowest BCUT2D eigenvalue weighted by Crippen LogP contribution is -2.12. The molecule has 0 radical (unpaired) electrons. The van der Waals surface area contributed by atoms with E-state index < -0.39 is 0 Å². The van der Waals surface area contributed by atoms with Crippen molar-refractivity contribution in [2.45, 2.75) is 59.0 Å². The highest BCUT2D eigenvalue weighted by Gasteiger charge is 2.16. The normalized spacial score (nSPS) is 19.3. The molecule has 0 aromatic carbocycles. The largest absolute Gasteiger partial charge is 0.460 e. The Hall–Kier alpha value is -0.790. The maximum absolute atomic E-state index is 11.4. The van der Waals surface area contributed by atoms with Gasteiger partial charge >= 0.3 is 5.97 Å². The summed E-state index contributed by atoms with van der Waals surface area (Å²) in [6.07, 6.45) is 8.07. The average molecular weight is 210 g/mol. The molecule has 0 aliphatic heterocycles. The van der Waals surface area contributed by atoms with Crippen molar-refractivity contribution in [2.75, 3.05) is 0 Å². The van der Waals surface area contributed by atoms with Crippen molar-refractivity contribution in [2.24, 2.45) is 5.92 Å². The Morgan fingerprint density at radius 1 is 1.27 bits per heavy atom. The molecule has 1 rings (SSSR count). The fourth-order valence-corrected chi connectivity index (χ4v) is 2.13. The molecular weight excluding hydrogens is 188 g/mol. The summed E-state index contributed by atoms with van der Waals surface area (Å²) in [6, 6.07) is 0. The molecule has 0 N–H and O–H groups in total. The van der Waals surface area contributed by atoms with Crippen molar-refractivity contribution in [3.8, 4) is 0 Å². The van der Waals surface area contributed by atoms with Crippen LogP contribution in [0.3, 0.4) is 0 Å². The second-order valence-corrected chi connectivity index (χ2v) is 4.71. The number of rotatable bonds is 3. The zero-order valence-corrected chi connectivity index (χ0v) is 10.1. The van der Waals surface area contributed by atoms with Gasteiger partial charge < -0.3 is 4.74 Å². The van der Waals surface area contributed by atoms with Gasteiger partial charge in [-0.3, -0.25) is 0 Å². The summed E-state index contributed by atoms with van der Waals surface area (Å²) in [4.78, 5) is 11.4. The van der Waals surface area contributed by atoms with Gasteiger partial charge in [-0.15, -0.1) is 0 Å². The second kappa shape index (κ2) is 5.94. The maximum Gasteiger partial charge on any atom is 0.330 e. The number of esters is 1. The number of allylic oxidation sites excluding steroid dienone is 1. The third kappa shape index (κ3) is 4.50. The lowest BCUT2D eigenvalue weighted by Gasteiger charge is -2.22. The first-order valence-corrected chi connectivity index (χ1v) is 5.98. The van der Waals surface area contributed by atoms with E-state index in [9.17, 15) is 4.79 Å². The summed E-state index contributed by atoms with van der Waals surface area (Å²) in [7, 11) is 0. The Bertz CT molecular complexity index is 235. The van der Waals surface area contributed by atoms with Crippen LogP contribution in [0, 0.1) is 5.92 Å². The minimum Gasteiger partial charge on any atom is -0.460 e. The highest BCUT2D eigenvalue weighted by Crippen LogP contribution is 2.29. The van der Waals surface area contributed by atoms with E-state index in [0.717, 1.165) is 0 Å². The summed E-state index contributed by atoms with van der Waals surface area (Å²) >= 11 is 0. The van der Waals surface area contributed by atoms with Crippen molar-refractivity contribution >= 4 is 5.97 Å². The number of hydrogen-bond donors (Lipinski definition) is 0.